The predicted molar refractivity (Wildman–Crippen MR) is 145 cm³/mol. The fourth-order valence-electron chi connectivity index (χ4n) is 6.03. The minimum absolute atomic E-state index is 0.112. The van der Waals surface area contributed by atoms with E-state index in [0.29, 0.717) is 35.3 Å². The summed E-state index contributed by atoms with van der Waals surface area (Å²) in [5.74, 6) is 0.233. The Hall–Kier alpha value is -3.84. The summed E-state index contributed by atoms with van der Waals surface area (Å²) in [5.41, 5.74) is 7.06. The highest BCUT2D eigenvalue weighted by atomic mass is 19.1. The molecule has 1 fully saturated rings. The molecule has 2 aliphatic rings. The van der Waals surface area contributed by atoms with E-state index in [0.717, 1.165) is 65.0 Å². The fraction of sp³-hybridized carbons (Fsp3) is 0.344. The van der Waals surface area contributed by atoms with Gasteiger partial charge in [0.1, 0.15) is 35.1 Å². The first-order chi connectivity index (χ1) is 18.9. The summed E-state index contributed by atoms with van der Waals surface area (Å²) in [5, 5.41) is 9.85. The third kappa shape index (κ3) is 4.99. The average Bonchev–Trinajstić information content (AvgIpc) is 3.50. The summed E-state index contributed by atoms with van der Waals surface area (Å²) in [7, 11) is 0. The SMILES string of the molecule is Cc1cc(OC2CCOCC2)cc(C)c1-c1ccc(F)c2c1CCC2Oc1ccc2c(CC(=O)O)coc2c1. The van der Waals surface area contributed by atoms with Crippen molar-refractivity contribution in [2.45, 2.75) is 58.2 Å². The van der Waals surface area contributed by atoms with E-state index < -0.39 is 12.1 Å². The molecule has 1 unspecified atom stereocenters. The van der Waals surface area contributed by atoms with Crippen LogP contribution in [0.25, 0.3) is 22.1 Å². The largest absolute Gasteiger partial charge is 0.490 e. The number of halogens is 1. The lowest BCUT2D eigenvalue weighted by atomic mass is 9.90. The molecule has 1 aromatic heterocycles. The third-order valence-corrected chi connectivity index (χ3v) is 7.78. The van der Waals surface area contributed by atoms with E-state index in [1.807, 2.05) is 6.07 Å². The van der Waals surface area contributed by atoms with Gasteiger partial charge in [0.25, 0.3) is 0 Å². The average molecular weight is 531 g/mol. The maximum atomic E-state index is 15.3. The molecular formula is C32H31FO6. The number of hydrogen-bond donors (Lipinski definition) is 1. The Bertz CT molecular complexity index is 1530. The molecule has 6 nitrogen and oxygen atoms in total. The fourth-order valence-corrected chi connectivity index (χ4v) is 6.03. The second-order valence-corrected chi connectivity index (χ2v) is 10.5. The van der Waals surface area contributed by atoms with Gasteiger partial charge in [0.2, 0.25) is 0 Å². The summed E-state index contributed by atoms with van der Waals surface area (Å²) in [4.78, 5) is 11.1. The number of aryl methyl sites for hydroxylation is 2. The maximum Gasteiger partial charge on any atom is 0.307 e. The standard InChI is InChI=1S/C32H31FO6/c1-18-13-23(38-21-9-11-36-12-10-21)14-19(2)31(18)25-5-7-27(33)32-26(25)6-8-28(32)39-22-3-4-24-20(15-30(34)35)17-37-29(24)16-22/h3-5,7,13-14,16-17,21,28H,6,8-12,15H2,1-2H3,(H,34,35). The zero-order valence-electron chi connectivity index (χ0n) is 22.1. The van der Waals surface area contributed by atoms with Crippen LogP contribution in [0.1, 0.15) is 53.2 Å². The second kappa shape index (κ2) is 10.4. The minimum Gasteiger partial charge on any atom is -0.490 e. The molecule has 1 N–H and O–H groups in total. The molecule has 0 amide bonds. The van der Waals surface area contributed by atoms with Gasteiger partial charge >= 0.3 is 5.97 Å². The molecule has 1 aliphatic heterocycles. The molecule has 39 heavy (non-hydrogen) atoms. The van der Waals surface area contributed by atoms with Crippen LogP contribution in [-0.4, -0.2) is 30.4 Å². The monoisotopic (exact) mass is 530 g/mol. The smallest absolute Gasteiger partial charge is 0.307 e. The first-order valence-corrected chi connectivity index (χ1v) is 13.4. The van der Waals surface area contributed by atoms with Crippen molar-refractivity contribution in [2.75, 3.05) is 13.2 Å². The van der Waals surface area contributed by atoms with Crippen LogP contribution in [0.4, 0.5) is 4.39 Å². The van der Waals surface area contributed by atoms with Gasteiger partial charge in [-0.25, -0.2) is 4.39 Å². The van der Waals surface area contributed by atoms with Gasteiger partial charge in [-0.15, -0.1) is 0 Å². The number of aliphatic carboxylic acids is 1. The van der Waals surface area contributed by atoms with E-state index in [1.165, 1.54) is 12.3 Å². The lowest BCUT2D eigenvalue weighted by Crippen LogP contribution is -2.25. The van der Waals surface area contributed by atoms with E-state index in [2.05, 4.69) is 26.0 Å². The molecule has 1 aliphatic carbocycles. The maximum absolute atomic E-state index is 15.3. The molecule has 4 aromatic rings. The lowest BCUT2D eigenvalue weighted by Gasteiger charge is -2.24. The molecule has 7 heteroatoms. The molecule has 3 aromatic carbocycles. The van der Waals surface area contributed by atoms with E-state index in [1.54, 1.807) is 18.2 Å². The normalized spacial score (nSPS) is 17.4. The van der Waals surface area contributed by atoms with Crippen LogP contribution in [0.3, 0.4) is 0 Å². The van der Waals surface area contributed by atoms with Gasteiger partial charge < -0.3 is 23.7 Å². The van der Waals surface area contributed by atoms with E-state index in [-0.39, 0.29) is 18.3 Å². The van der Waals surface area contributed by atoms with Crippen molar-refractivity contribution in [1.29, 1.82) is 0 Å². The topological polar surface area (TPSA) is 78.1 Å². The Kier molecular flexibility index (Phi) is 6.77. The van der Waals surface area contributed by atoms with Crippen molar-refractivity contribution < 1.29 is 32.9 Å². The molecule has 202 valence electrons. The zero-order valence-corrected chi connectivity index (χ0v) is 22.1. The molecule has 0 spiro atoms. The number of benzene rings is 3. The molecule has 2 heterocycles. The number of carbonyl (C=O) groups is 1. The van der Waals surface area contributed by atoms with Crippen LogP contribution in [0.5, 0.6) is 11.5 Å². The number of rotatable bonds is 7. The Morgan fingerprint density at radius 1 is 1.00 bits per heavy atom. The van der Waals surface area contributed by atoms with Gasteiger partial charge in [0, 0.05) is 35.4 Å². The van der Waals surface area contributed by atoms with Crippen LogP contribution in [0, 0.1) is 19.7 Å². The Balaban J connectivity index is 1.28. The van der Waals surface area contributed by atoms with Gasteiger partial charge in [-0.3, -0.25) is 4.79 Å². The molecule has 1 atom stereocenters. The van der Waals surface area contributed by atoms with Crippen LogP contribution in [-0.2, 0) is 22.4 Å². The quantitative estimate of drug-likeness (QED) is 0.274. The third-order valence-electron chi connectivity index (χ3n) is 7.78. The molecule has 6 rings (SSSR count). The number of ether oxygens (including phenoxy) is 3. The van der Waals surface area contributed by atoms with Crippen molar-refractivity contribution in [3.8, 4) is 22.6 Å². The van der Waals surface area contributed by atoms with Gasteiger partial charge in [-0.2, -0.15) is 0 Å². The Labute approximate surface area is 226 Å². The summed E-state index contributed by atoms with van der Waals surface area (Å²) < 4.78 is 38.8. The van der Waals surface area contributed by atoms with Crippen LogP contribution in [0.2, 0.25) is 0 Å². The minimum atomic E-state index is -0.918. The molecule has 0 bridgehead atoms. The van der Waals surface area contributed by atoms with Crippen molar-refractivity contribution in [3.63, 3.8) is 0 Å². The van der Waals surface area contributed by atoms with Gasteiger partial charge in [-0.1, -0.05) is 6.07 Å². The highest BCUT2D eigenvalue weighted by Crippen LogP contribution is 2.44. The summed E-state index contributed by atoms with van der Waals surface area (Å²) in [6.07, 6.45) is 4.24. The molecular weight excluding hydrogens is 499 g/mol. The molecule has 1 saturated heterocycles. The number of carboxylic acid groups (broad SMARTS) is 1. The van der Waals surface area contributed by atoms with Gasteiger partial charge in [0.05, 0.1) is 25.9 Å². The Morgan fingerprint density at radius 2 is 1.77 bits per heavy atom. The number of furan rings is 1. The Morgan fingerprint density at radius 3 is 2.51 bits per heavy atom. The molecule has 0 saturated carbocycles. The summed E-state index contributed by atoms with van der Waals surface area (Å²) in [6, 6.07) is 12.9. The number of carboxylic acids is 1. The zero-order chi connectivity index (χ0) is 27.1. The van der Waals surface area contributed by atoms with E-state index >= 15 is 4.39 Å². The van der Waals surface area contributed by atoms with E-state index in [9.17, 15) is 4.79 Å². The van der Waals surface area contributed by atoms with Crippen molar-refractivity contribution >= 4 is 16.9 Å². The highest BCUT2D eigenvalue weighted by Gasteiger charge is 2.31. The predicted octanol–water partition coefficient (Wildman–Crippen LogP) is 7.11. The number of hydrogen-bond acceptors (Lipinski definition) is 5. The van der Waals surface area contributed by atoms with Crippen molar-refractivity contribution in [1.82, 2.24) is 0 Å². The first-order valence-electron chi connectivity index (χ1n) is 13.4. The van der Waals surface area contributed by atoms with Crippen LogP contribution >= 0.6 is 0 Å². The van der Waals surface area contributed by atoms with E-state index in [4.69, 9.17) is 23.7 Å². The highest BCUT2D eigenvalue weighted by molar-refractivity contribution is 5.86. The summed E-state index contributed by atoms with van der Waals surface area (Å²) >= 11 is 0. The van der Waals surface area contributed by atoms with Gasteiger partial charge in [0.15, 0.2) is 0 Å². The second-order valence-electron chi connectivity index (χ2n) is 10.5. The first kappa shape index (κ1) is 25.4. The van der Waals surface area contributed by atoms with Crippen LogP contribution in [0.15, 0.2) is 53.1 Å². The van der Waals surface area contributed by atoms with Crippen molar-refractivity contribution in [3.05, 3.63) is 82.4 Å². The van der Waals surface area contributed by atoms with Crippen molar-refractivity contribution in [2.24, 2.45) is 0 Å². The number of fused-ring (bicyclic) bond motifs is 2. The van der Waals surface area contributed by atoms with Gasteiger partial charge in [-0.05, 0) is 84.8 Å². The summed E-state index contributed by atoms with van der Waals surface area (Å²) in [6.45, 7) is 5.61. The van der Waals surface area contributed by atoms with Crippen LogP contribution < -0.4 is 9.47 Å². The molecule has 0 radical (unpaired) electrons. The lowest BCUT2D eigenvalue weighted by molar-refractivity contribution is -0.136.